The zero-order valence-electron chi connectivity index (χ0n) is 15.4. The third-order valence-electron chi connectivity index (χ3n) is 4.82. The van der Waals surface area contributed by atoms with Crippen molar-refractivity contribution < 1.29 is 9.56 Å². The van der Waals surface area contributed by atoms with Gasteiger partial charge in [-0.1, -0.05) is 12.1 Å². The minimum Gasteiger partial charge on any atom is -0.603 e. The Morgan fingerprint density at radius 2 is 2.04 bits per heavy atom. The van der Waals surface area contributed by atoms with Gasteiger partial charge >= 0.3 is 0 Å². The number of hydrogen-bond donors (Lipinski definition) is 2. The quantitative estimate of drug-likeness (QED) is 0.785. The van der Waals surface area contributed by atoms with Crippen LogP contribution in [0.5, 0.6) is 0 Å². The lowest BCUT2D eigenvalue weighted by atomic mass is 10.1. The van der Waals surface area contributed by atoms with E-state index >= 15 is 0 Å². The molecule has 2 N–H and O–H groups in total. The molecule has 1 heterocycles. The van der Waals surface area contributed by atoms with Crippen LogP contribution in [0.3, 0.4) is 0 Å². The Hall–Kier alpha value is -3.21. The van der Waals surface area contributed by atoms with Crippen LogP contribution in [-0.4, -0.2) is 12.4 Å². The average molecular weight is 377 g/mol. The number of nitrogens with one attached hydrogen (secondary N) is 2. The molecule has 4 rings (SSSR count). The van der Waals surface area contributed by atoms with E-state index < -0.39 is 5.82 Å². The molecule has 0 spiro atoms. The number of anilines is 1. The fourth-order valence-electron chi connectivity index (χ4n) is 3.25. The SMILES string of the molecule is CCNC1=C[NH+]([O-])N(c2ccc(C3CC3)cc2)C(c2ccc(C#N)c(F)c2)=N1. The summed E-state index contributed by atoms with van der Waals surface area (Å²) in [4.78, 5) is 4.54. The molecule has 2 aliphatic rings. The average Bonchev–Trinajstić information content (AvgIpc) is 3.53. The molecule has 2 aromatic rings. The van der Waals surface area contributed by atoms with Gasteiger partial charge in [0.05, 0.1) is 11.3 Å². The van der Waals surface area contributed by atoms with Crippen molar-refractivity contribution in [3.05, 3.63) is 82.2 Å². The molecule has 0 saturated heterocycles. The van der Waals surface area contributed by atoms with Gasteiger partial charge in [0.1, 0.15) is 11.9 Å². The first kappa shape index (κ1) is 18.2. The molecule has 0 amide bonds. The molecule has 1 aliphatic carbocycles. The molecule has 1 unspecified atom stereocenters. The normalized spacial score (nSPS) is 18.9. The number of nitriles is 1. The number of rotatable bonds is 5. The van der Waals surface area contributed by atoms with Gasteiger partial charge in [0, 0.05) is 12.1 Å². The van der Waals surface area contributed by atoms with E-state index in [1.165, 1.54) is 41.7 Å². The predicted octanol–water partition coefficient (Wildman–Crippen LogP) is 2.55. The van der Waals surface area contributed by atoms with Crippen LogP contribution in [0, 0.1) is 22.4 Å². The summed E-state index contributed by atoms with van der Waals surface area (Å²) in [5.74, 6) is 0.731. The van der Waals surface area contributed by atoms with Crippen LogP contribution in [0.4, 0.5) is 10.1 Å². The van der Waals surface area contributed by atoms with Gasteiger partial charge < -0.3 is 10.5 Å². The van der Waals surface area contributed by atoms with Crippen LogP contribution in [0.2, 0.25) is 0 Å². The first-order valence-electron chi connectivity index (χ1n) is 9.29. The first-order valence-corrected chi connectivity index (χ1v) is 9.29. The number of hydroxylamine groups is 1. The molecule has 0 radical (unpaired) electrons. The summed E-state index contributed by atoms with van der Waals surface area (Å²) in [7, 11) is 0. The van der Waals surface area contributed by atoms with E-state index in [1.807, 2.05) is 37.3 Å². The third kappa shape index (κ3) is 3.48. The van der Waals surface area contributed by atoms with Crippen molar-refractivity contribution in [1.82, 2.24) is 5.32 Å². The number of hydrogen-bond acceptors (Lipinski definition) is 5. The smallest absolute Gasteiger partial charge is 0.193 e. The number of nitrogens with zero attached hydrogens (tertiary/aromatic N) is 3. The van der Waals surface area contributed by atoms with Crippen LogP contribution in [0.1, 0.15) is 42.4 Å². The number of halogens is 1. The Kier molecular flexibility index (Phi) is 4.82. The Morgan fingerprint density at radius 3 is 2.64 bits per heavy atom. The summed E-state index contributed by atoms with van der Waals surface area (Å²) in [6, 6.07) is 13.9. The number of amidine groups is 1. The van der Waals surface area contributed by atoms with Crippen molar-refractivity contribution in [3.63, 3.8) is 0 Å². The van der Waals surface area contributed by atoms with Crippen LogP contribution in [0.25, 0.3) is 0 Å². The van der Waals surface area contributed by atoms with E-state index in [0.29, 0.717) is 35.4 Å². The second kappa shape index (κ2) is 7.43. The fraction of sp³-hybridized carbons (Fsp3) is 0.238. The molecule has 1 saturated carbocycles. The second-order valence-electron chi connectivity index (χ2n) is 6.84. The van der Waals surface area contributed by atoms with Crippen LogP contribution < -0.4 is 15.5 Å². The standard InChI is InChI=1S/C21H20FN5O/c1-2-24-20-13-26(28)27(18-9-7-15(8-10-18)14-3-4-14)21(25-20)16-5-6-17(12-23)19(22)11-16/h5-11,13-14,24,26H,2-4H2,1H3. The zero-order valence-corrected chi connectivity index (χ0v) is 15.4. The van der Waals surface area contributed by atoms with E-state index in [-0.39, 0.29) is 10.7 Å². The van der Waals surface area contributed by atoms with Gasteiger partial charge in [0.25, 0.3) is 0 Å². The van der Waals surface area contributed by atoms with E-state index in [9.17, 15) is 9.60 Å². The Balaban J connectivity index is 1.75. The van der Waals surface area contributed by atoms with Crippen molar-refractivity contribution in [2.24, 2.45) is 4.99 Å². The van der Waals surface area contributed by atoms with Crippen molar-refractivity contribution >= 4 is 11.5 Å². The largest absolute Gasteiger partial charge is 0.603 e. The van der Waals surface area contributed by atoms with Gasteiger partial charge in [-0.2, -0.15) is 10.3 Å². The van der Waals surface area contributed by atoms with Gasteiger partial charge in [0.2, 0.25) is 0 Å². The van der Waals surface area contributed by atoms with Gasteiger partial charge in [-0.05, 0) is 61.6 Å². The van der Waals surface area contributed by atoms with E-state index in [2.05, 4.69) is 10.3 Å². The molecule has 7 heteroatoms. The molecule has 142 valence electrons. The van der Waals surface area contributed by atoms with E-state index in [0.717, 1.165) is 0 Å². The Bertz CT molecular complexity index is 989. The van der Waals surface area contributed by atoms with E-state index in [4.69, 9.17) is 5.26 Å². The maximum Gasteiger partial charge on any atom is 0.193 e. The lowest BCUT2D eigenvalue weighted by Gasteiger charge is -2.36. The van der Waals surface area contributed by atoms with Crippen LogP contribution in [0.15, 0.2) is 59.5 Å². The van der Waals surface area contributed by atoms with E-state index in [1.54, 1.807) is 6.07 Å². The summed E-state index contributed by atoms with van der Waals surface area (Å²) in [6.07, 6.45) is 3.84. The first-order chi connectivity index (χ1) is 13.6. The number of quaternary nitrogens is 1. The fourth-order valence-corrected chi connectivity index (χ4v) is 3.25. The van der Waals surface area contributed by atoms with Gasteiger partial charge in [-0.15, -0.1) is 0 Å². The lowest BCUT2D eigenvalue weighted by Crippen LogP contribution is -3.12. The van der Waals surface area contributed by atoms with Crippen LogP contribution >= 0.6 is 0 Å². The monoisotopic (exact) mass is 377 g/mol. The van der Waals surface area contributed by atoms with Crippen molar-refractivity contribution in [2.75, 3.05) is 11.6 Å². The van der Waals surface area contributed by atoms with Crippen molar-refractivity contribution in [3.8, 4) is 6.07 Å². The maximum absolute atomic E-state index is 14.2. The highest BCUT2D eigenvalue weighted by Gasteiger charge is 2.28. The predicted molar refractivity (Wildman–Crippen MR) is 105 cm³/mol. The molecule has 2 aromatic carbocycles. The minimum atomic E-state index is -0.640. The van der Waals surface area contributed by atoms with Gasteiger partial charge in [-0.25, -0.2) is 14.6 Å². The lowest BCUT2D eigenvalue weighted by molar-refractivity contribution is -0.793. The third-order valence-corrected chi connectivity index (χ3v) is 4.82. The molecule has 1 atom stereocenters. The van der Waals surface area contributed by atoms with Gasteiger partial charge in [0.15, 0.2) is 17.9 Å². The molecule has 1 fully saturated rings. The van der Waals surface area contributed by atoms with Gasteiger partial charge in [-0.3, -0.25) is 0 Å². The molecular weight excluding hydrogens is 357 g/mol. The zero-order chi connectivity index (χ0) is 19.7. The topological polar surface area (TPSA) is 78.9 Å². The maximum atomic E-state index is 14.2. The Morgan fingerprint density at radius 1 is 1.29 bits per heavy atom. The summed E-state index contributed by atoms with van der Waals surface area (Å²) in [5, 5.41) is 26.1. The highest BCUT2D eigenvalue weighted by molar-refractivity contribution is 6.09. The molecule has 28 heavy (non-hydrogen) atoms. The van der Waals surface area contributed by atoms with Crippen molar-refractivity contribution in [1.29, 1.82) is 5.26 Å². The minimum absolute atomic E-state index is 0.0470. The Labute approximate surface area is 162 Å². The number of aliphatic imine (C=N–C) groups is 1. The highest BCUT2D eigenvalue weighted by atomic mass is 19.1. The summed E-state index contributed by atoms with van der Waals surface area (Å²) >= 11 is 0. The second-order valence-corrected chi connectivity index (χ2v) is 6.84. The summed E-state index contributed by atoms with van der Waals surface area (Å²) < 4.78 is 14.2. The molecule has 0 bridgehead atoms. The molecule has 1 aliphatic heterocycles. The molecule has 6 nitrogen and oxygen atoms in total. The van der Waals surface area contributed by atoms with Crippen molar-refractivity contribution in [2.45, 2.75) is 25.7 Å². The molecule has 0 aromatic heterocycles. The van der Waals surface area contributed by atoms with Crippen LogP contribution in [-0.2, 0) is 0 Å². The number of benzene rings is 2. The summed E-state index contributed by atoms with van der Waals surface area (Å²) in [5.41, 5.74) is 2.32. The highest BCUT2D eigenvalue weighted by Crippen LogP contribution is 2.40. The molecular formula is C21H20FN5O. The summed E-state index contributed by atoms with van der Waals surface area (Å²) in [6.45, 7) is 2.51.